The van der Waals surface area contributed by atoms with Crippen molar-refractivity contribution in [2.24, 2.45) is 44.6 Å². The third-order valence-electron chi connectivity index (χ3n) is 4.65. The molecule has 0 aromatic heterocycles. The summed E-state index contributed by atoms with van der Waals surface area (Å²) in [6, 6.07) is -2.96. The number of hydrogen-bond acceptors (Lipinski definition) is 7. The van der Waals surface area contributed by atoms with Crippen LogP contribution in [-0.2, 0) is 19.2 Å². The van der Waals surface area contributed by atoms with Gasteiger partial charge in [0.25, 0.3) is 0 Å². The molecular weight excluding hydrogens is 460 g/mol. The lowest BCUT2D eigenvalue weighted by molar-refractivity contribution is -0.142. The van der Waals surface area contributed by atoms with Crippen LogP contribution >= 0.6 is 0 Å². The summed E-state index contributed by atoms with van der Waals surface area (Å²) < 4.78 is 0. The van der Waals surface area contributed by atoms with Crippen LogP contribution in [0.25, 0.3) is 0 Å². The van der Waals surface area contributed by atoms with Gasteiger partial charge in [-0.2, -0.15) is 0 Å². The van der Waals surface area contributed by atoms with Crippen LogP contribution in [0.4, 0.5) is 0 Å². The highest BCUT2D eigenvalue weighted by atomic mass is 16.4. The van der Waals surface area contributed by atoms with E-state index in [1.807, 2.05) is 13.8 Å². The molecular formula is C20H40N10O5. The summed E-state index contributed by atoms with van der Waals surface area (Å²) in [4.78, 5) is 56.2. The molecule has 0 rings (SSSR count). The molecule has 3 amide bonds. The second kappa shape index (κ2) is 16.9. The summed E-state index contributed by atoms with van der Waals surface area (Å²) in [5.41, 5.74) is 26.8. The standard InChI is InChI=1S/C20H40N10O5/c1-11(2)9-14(30-16(32)12(21)5-3-7-26-19(22)23)17(33)28-10-15(31)29-13(18(34)35)6-4-8-27-20(24)25/h11-14H,3-10,21H2,1-2H3,(H,28,33)(H,29,31)(H,30,32)(H,34,35)(H4,22,23,26)(H4,24,25,27). The van der Waals surface area contributed by atoms with Crippen LogP contribution in [0.15, 0.2) is 9.98 Å². The molecule has 0 aliphatic heterocycles. The summed E-state index contributed by atoms with van der Waals surface area (Å²) >= 11 is 0. The molecule has 0 aromatic rings. The molecule has 14 N–H and O–H groups in total. The Hall–Kier alpha value is -3.62. The number of aliphatic imine (C=N–C) groups is 2. The summed E-state index contributed by atoms with van der Waals surface area (Å²) in [7, 11) is 0. The maximum atomic E-state index is 12.6. The highest BCUT2D eigenvalue weighted by Gasteiger charge is 2.25. The van der Waals surface area contributed by atoms with Crippen LogP contribution in [0, 0.1) is 5.92 Å². The topological polar surface area (TPSA) is 279 Å². The number of amides is 3. The molecule has 0 aliphatic rings. The number of carbonyl (C=O) groups is 4. The number of carbonyl (C=O) groups excluding carboxylic acids is 3. The molecule has 200 valence electrons. The quantitative estimate of drug-likeness (QED) is 0.0543. The normalized spacial score (nSPS) is 13.1. The van der Waals surface area contributed by atoms with Gasteiger partial charge in [0.2, 0.25) is 17.7 Å². The Morgan fingerprint density at radius 2 is 1.37 bits per heavy atom. The van der Waals surface area contributed by atoms with Gasteiger partial charge in [-0.1, -0.05) is 13.8 Å². The lowest BCUT2D eigenvalue weighted by Crippen LogP contribution is -2.53. The number of carboxylic acids is 1. The Labute approximate surface area is 204 Å². The minimum absolute atomic E-state index is 0.0543. The Bertz CT molecular complexity index is 763. The lowest BCUT2D eigenvalue weighted by Gasteiger charge is -2.22. The average molecular weight is 501 g/mol. The second-order valence-electron chi connectivity index (χ2n) is 8.37. The first-order chi connectivity index (χ1) is 16.3. The maximum absolute atomic E-state index is 12.6. The molecule has 3 atom stereocenters. The first-order valence-corrected chi connectivity index (χ1v) is 11.3. The number of rotatable bonds is 17. The molecule has 0 aliphatic carbocycles. The first kappa shape index (κ1) is 31.4. The van der Waals surface area contributed by atoms with Crippen molar-refractivity contribution in [2.45, 2.75) is 64.1 Å². The van der Waals surface area contributed by atoms with E-state index in [4.69, 9.17) is 28.7 Å². The van der Waals surface area contributed by atoms with Crippen LogP contribution in [-0.4, -0.2) is 78.5 Å². The molecule has 15 heteroatoms. The minimum Gasteiger partial charge on any atom is -0.480 e. The number of carboxylic acid groups (broad SMARTS) is 1. The largest absolute Gasteiger partial charge is 0.480 e. The third kappa shape index (κ3) is 15.8. The van der Waals surface area contributed by atoms with E-state index < -0.39 is 48.4 Å². The Balaban J connectivity index is 4.79. The Morgan fingerprint density at radius 1 is 0.829 bits per heavy atom. The SMILES string of the molecule is CC(C)CC(NC(=O)C(N)CCCN=C(N)N)C(=O)NCC(=O)NC(CCCN=C(N)N)C(=O)O. The molecule has 0 fully saturated rings. The molecule has 0 saturated heterocycles. The molecule has 15 nitrogen and oxygen atoms in total. The summed E-state index contributed by atoms with van der Waals surface area (Å²) in [5.74, 6) is -3.15. The minimum atomic E-state index is -1.23. The van der Waals surface area contributed by atoms with Crippen molar-refractivity contribution in [1.82, 2.24) is 16.0 Å². The van der Waals surface area contributed by atoms with Gasteiger partial charge in [0.05, 0.1) is 12.6 Å². The van der Waals surface area contributed by atoms with Crippen LogP contribution in [0.5, 0.6) is 0 Å². The first-order valence-electron chi connectivity index (χ1n) is 11.3. The zero-order chi connectivity index (χ0) is 27.0. The van der Waals surface area contributed by atoms with E-state index in [9.17, 15) is 24.3 Å². The number of hydrogen-bond donors (Lipinski definition) is 9. The fraction of sp³-hybridized carbons (Fsp3) is 0.700. The highest BCUT2D eigenvalue weighted by Crippen LogP contribution is 2.06. The maximum Gasteiger partial charge on any atom is 0.326 e. The molecule has 0 bridgehead atoms. The van der Waals surface area contributed by atoms with Gasteiger partial charge in [0.15, 0.2) is 11.9 Å². The van der Waals surface area contributed by atoms with Crippen LogP contribution < -0.4 is 44.6 Å². The predicted molar refractivity (Wildman–Crippen MR) is 132 cm³/mol. The van der Waals surface area contributed by atoms with Crippen molar-refractivity contribution >= 4 is 35.6 Å². The zero-order valence-electron chi connectivity index (χ0n) is 20.3. The van der Waals surface area contributed by atoms with Crippen molar-refractivity contribution in [1.29, 1.82) is 0 Å². The zero-order valence-corrected chi connectivity index (χ0v) is 20.3. The van der Waals surface area contributed by atoms with Crippen molar-refractivity contribution in [3.05, 3.63) is 0 Å². The second-order valence-corrected chi connectivity index (χ2v) is 8.37. The molecule has 0 aromatic carbocycles. The van der Waals surface area contributed by atoms with Gasteiger partial charge < -0.3 is 49.7 Å². The number of aliphatic carboxylic acids is 1. The molecule has 35 heavy (non-hydrogen) atoms. The number of nitrogens with one attached hydrogen (secondary N) is 3. The average Bonchev–Trinajstić information content (AvgIpc) is 2.75. The van der Waals surface area contributed by atoms with Gasteiger partial charge in [-0.3, -0.25) is 24.4 Å². The fourth-order valence-electron chi connectivity index (χ4n) is 2.93. The lowest BCUT2D eigenvalue weighted by atomic mass is 10.0. The predicted octanol–water partition coefficient (Wildman–Crippen LogP) is -3.36. The van der Waals surface area contributed by atoms with Gasteiger partial charge in [-0.25, -0.2) is 4.79 Å². The van der Waals surface area contributed by atoms with E-state index >= 15 is 0 Å². The fourth-order valence-corrected chi connectivity index (χ4v) is 2.93. The molecule has 0 saturated carbocycles. The molecule has 3 unspecified atom stereocenters. The Morgan fingerprint density at radius 3 is 1.86 bits per heavy atom. The summed E-state index contributed by atoms with van der Waals surface area (Å²) in [6.45, 7) is 3.80. The van der Waals surface area contributed by atoms with Crippen molar-refractivity contribution in [2.75, 3.05) is 19.6 Å². The van der Waals surface area contributed by atoms with E-state index in [0.717, 1.165) is 0 Å². The summed E-state index contributed by atoms with van der Waals surface area (Å²) in [5, 5.41) is 16.6. The van der Waals surface area contributed by atoms with E-state index in [-0.39, 0.29) is 30.8 Å². The highest BCUT2D eigenvalue weighted by molar-refractivity contribution is 5.92. The molecule has 0 heterocycles. The monoisotopic (exact) mass is 500 g/mol. The van der Waals surface area contributed by atoms with Crippen LogP contribution in [0.3, 0.4) is 0 Å². The van der Waals surface area contributed by atoms with E-state index in [0.29, 0.717) is 32.2 Å². The van der Waals surface area contributed by atoms with Gasteiger partial charge in [0, 0.05) is 13.1 Å². The number of guanidine groups is 2. The van der Waals surface area contributed by atoms with Crippen LogP contribution in [0.1, 0.15) is 46.0 Å². The van der Waals surface area contributed by atoms with Crippen molar-refractivity contribution in [3.63, 3.8) is 0 Å². The van der Waals surface area contributed by atoms with E-state index in [2.05, 4.69) is 25.9 Å². The van der Waals surface area contributed by atoms with Crippen LogP contribution in [0.2, 0.25) is 0 Å². The number of nitrogens with two attached hydrogens (primary N) is 5. The summed E-state index contributed by atoms with van der Waals surface area (Å²) in [6.07, 6.45) is 1.52. The van der Waals surface area contributed by atoms with E-state index in [1.165, 1.54) is 0 Å². The molecule has 0 spiro atoms. The van der Waals surface area contributed by atoms with Crippen molar-refractivity contribution < 1.29 is 24.3 Å². The van der Waals surface area contributed by atoms with E-state index in [1.54, 1.807) is 0 Å². The smallest absolute Gasteiger partial charge is 0.326 e. The van der Waals surface area contributed by atoms with Gasteiger partial charge in [0.1, 0.15) is 12.1 Å². The number of nitrogens with zero attached hydrogens (tertiary/aromatic N) is 2. The third-order valence-corrected chi connectivity index (χ3v) is 4.65. The van der Waals surface area contributed by atoms with Gasteiger partial charge in [-0.05, 0) is 38.0 Å². The Kier molecular flexibility index (Phi) is 15.2. The van der Waals surface area contributed by atoms with Gasteiger partial charge >= 0.3 is 5.97 Å². The molecule has 0 radical (unpaired) electrons. The van der Waals surface area contributed by atoms with Crippen molar-refractivity contribution in [3.8, 4) is 0 Å². The van der Waals surface area contributed by atoms with Gasteiger partial charge in [-0.15, -0.1) is 0 Å².